The number of rotatable bonds is 9. The minimum Gasteiger partial charge on any atom is -0.497 e. The van der Waals surface area contributed by atoms with Gasteiger partial charge in [0.1, 0.15) is 23.5 Å². The van der Waals surface area contributed by atoms with Crippen LogP contribution >= 0.6 is 0 Å². The van der Waals surface area contributed by atoms with E-state index in [-0.39, 0.29) is 12.5 Å². The number of carbonyl (C=O) groups excluding carboxylic acids is 2. The van der Waals surface area contributed by atoms with Crippen molar-refractivity contribution >= 4 is 23.0 Å². The number of pyridine rings is 1. The number of methoxy groups -OCH3 is 1. The molecule has 6 atom stereocenters. The van der Waals surface area contributed by atoms with Crippen LogP contribution in [-0.4, -0.2) is 59.8 Å². The molecule has 1 unspecified atom stereocenters. The fraction of sp³-hybridized carbons (Fsp3) is 0.441. The Morgan fingerprint density at radius 2 is 1.95 bits per heavy atom. The molecule has 3 aliphatic rings. The molecule has 1 aromatic heterocycles. The molecule has 0 saturated carbocycles. The lowest BCUT2D eigenvalue weighted by Gasteiger charge is -2.51. The van der Waals surface area contributed by atoms with Crippen LogP contribution in [0.15, 0.2) is 73.4 Å². The number of benzene rings is 2. The molecule has 0 spiro atoms. The van der Waals surface area contributed by atoms with Crippen LogP contribution in [0.2, 0.25) is 0 Å². The van der Waals surface area contributed by atoms with E-state index in [9.17, 15) is 9.59 Å². The van der Waals surface area contributed by atoms with Gasteiger partial charge in [0.2, 0.25) is 0 Å². The smallest absolute Gasteiger partial charge is 0.408 e. The largest absolute Gasteiger partial charge is 0.497 e. The van der Waals surface area contributed by atoms with Gasteiger partial charge in [-0.25, -0.2) is 9.59 Å². The average molecular weight is 572 g/mol. The fourth-order valence-corrected chi connectivity index (χ4v) is 6.26. The number of nitrogens with zero attached hydrogens (tertiary/aromatic N) is 2. The molecule has 0 radical (unpaired) electrons. The lowest BCUT2D eigenvalue weighted by molar-refractivity contribution is -0.159. The van der Waals surface area contributed by atoms with E-state index in [4.69, 9.17) is 14.2 Å². The van der Waals surface area contributed by atoms with Crippen molar-refractivity contribution in [1.29, 1.82) is 0 Å². The number of hydrogen-bond donors (Lipinski definition) is 1. The van der Waals surface area contributed by atoms with E-state index < -0.39 is 29.8 Å². The van der Waals surface area contributed by atoms with Crippen LogP contribution < -0.4 is 10.1 Å². The predicted molar refractivity (Wildman–Crippen MR) is 162 cm³/mol. The maximum absolute atomic E-state index is 14.1. The summed E-state index contributed by atoms with van der Waals surface area (Å²) in [4.78, 5) is 33.9. The van der Waals surface area contributed by atoms with Crippen LogP contribution in [-0.2, 0) is 20.7 Å². The SMILES string of the molecule is C=C[C@H]1CN2CC[C@H]1C[C@H]2[C@H](OC(=O)[C@H](Cc1ccccc1)NC(=O)OC(C)(C)C)c1ccnc2ccc(OC)cc12. The molecule has 0 aliphatic carbocycles. The zero-order valence-electron chi connectivity index (χ0n) is 24.9. The van der Waals surface area contributed by atoms with E-state index in [1.807, 2.05) is 54.6 Å². The summed E-state index contributed by atoms with van der Waals surface area (Å²) in [7, 11) is 1.63. The van der Waals surface area contributed by atoms with Gasteiger partial charge in [0.15, 0.2) is 0 Å². The van der Waals surface area contributed by atoms with E-state index in [0.717, 1.165) is 48.0 Å². The van der Waals surface area contributed by atoms with Crippen LogP contribution in [0.4, 0.5) is 4.79 Å². The average Bonchev–Trinajstić information content (AvgIpc) is 2.98. The molecule has 222 valence electrons. The monoisotopic (exact) mass is 571 g/mol. The molecule has 8 nitrogen and oxygen atoms in total. The van der Waals surface area contributed by atoms with E-state index in [1.165, 1.54) is 0 Å². The summed E-state index contributed by atoms with van der Waals surface area (Å²) in [5, 5.41) is 3.66. The molecule has 8 heteroatoms. The van der Waals surface area contributed by atoms with E-state index >= 15 is 0 Å². The third-order valence-corrected chi connectivity index (χ3v) is 8.29. The highest BCUT2D eigenvalue weighted by molar-refractivity contribution is 5.85. The van der Waals surface area contributed by atoms with Gasteiger partial charge in [0.25, 0.3) is 0 Å². The Hall–Kier alpha value is -3.91. The van der Waals surface area contributed by atoms with Crippen LogP contribution in [0.1, 0.15) is 50.8 Å². The first-order chi connectivity index (χ1) is 20.1. The molecule has 1 N–H and O–H groups in total. The summed E-state index contributed by atoms with van der Waals surface area (Å²) in [5.41, 5.74) is 1.86. The van der Waals surface area contributed by atoms with Gasteiger partial charge in [-0.1, -0.05) is 36.4 Å². The Morgan fingerprint density at radius 1 is 1.17 bits per heavy atom. The zero-order valence-corrected chi connectivity index (χ0v) is 24.9. The van der Waals surface area contributed by atoms with Gasteiger partial charge < -0.3 is 19.5 Å². The van der Waals surface area contributed by atoms with E-state index in [2.05, 4.69) is 27.9 Å². The number of carbonyl (C=O) groups is 2. The van der Waals surface area contributed by atoms with Gasteiger partial charge in [-0.05, 0) is 81.8 Å². The Bertz CT molecular complexity index is 1420. The first-order valence-electron chi connectivity index (χ1n) is 14.7. The number of alkyl carbamates (subject to hydrolysis) is 1. The zero-order chi connectivity index (χ0) is 29.9. The molecule has 42 heavy (non-hydrogen) atoms. The number of fused-ring (bicyclic) bond motifs is 4. The molecule has 4 heterocycles. The van der Waals surface area contributed by atoms with Crippen molar-refractivity contribution in [2.75, 3.05) is 20.2 Å². The summed E-state index contributed by atoms with van der Waals surface area (Å²) in [6, 6.07) is 16.3. The van der Waals surface area contributed by atoms with Gasteiger partial charge in [0, 0.05) is 30.1 Å². The van der Waals surface area contributed by atoms with Gasteiger partial charge >= 0.3 is 12.1 Å². The van der Waals surface area contributed by atoms with Crippen molar-refractivity contribution in [2.45, 2.75) is 63.8 Å². The second-order valence-electron chi connectivity index (χ2n) is 12.3. The Labute approximate surface area is 248 Å². The third-order valence-electron chi connectivity index (χ3n) is 8.29. The van der Waals surface area contributed by atoms with E-state index in [0.29, 0.717) is 17.6 Å². The summed E-state index contributed by atoms with van der Waals surface area (Å²) in [5.74, 6) is 1.08. The molecule has 2 aromatic carbocycles. The van der Waals surface area contributed by atoms with Gasteiger partial charge in [-0.15, -0.1) is 6.58 Å². The molecule has 2 bridgehead atoms. The van der Waals surface area contributed by atoms with Crippen LogP contribution in [0, 0.1) is 11.8 Å². The second kappa shape index (κ2) is 12.5. The second-order valence-corrected chi connectivity index (χ2v) is 12.3. The molecule has 3 fully saturated rings. The van der Waals surface area contributed by atoms with E-state index in [1.54, 1.807) is 34.1 Å². The van der Waals surface area contributed by atoms with Crippen LogP contribution in [0.25, 0.3) is 10.9 Å². The first-order valence-corrected chi connectivity index (χ1v) is 14.7. The predicted octanol–water partition coefficient (Wildman–Crippen LogP) is 5.86. The Balaban J connectivity index is 1.51. The molecule has 3 aliphatic heterocycles. The molecule has 3 aromatic rings. The molecular weight excluding hydrogens is 530 g/mol. The molecule has 3 saturated heterocycles. The lowest BCUT2D eigenvalue weighted by atomic mass is 9.73. The highest BCUT2D eigenvalue weighted by Crippen LogP contribution is 2.44. The van der Waals surface area contributed by atoms with Crippen molar-refractivity contribution in [3.63, 3.8) is 0 Å². The maximum Gasteiger partial charge on any atom is 0.408 e. The minimum atomic E-state index is -0.941. The standard InChI is InChI=1S/C34H41N3O5/c1-6-23-21-37-17-15-24(23)19-30(37)31(26-14-16-35-28-13-12-25(40-5)20-27(26)28)41-32(38)29(18-22-10-8-7-9-11-22)36-33(39)42-34(2,3)4/h6-14,16,20,23-24,29-31H,1,15,17-19,21H2,2-5H3,(H,36,39)/t23-,24-,29-,30-,31+/m0/s1. The van der Waals surface area contributed by atoms with Gasteiger partial charge in [0.05, 0.1) is 18.7 Å². The Morgan fingerprint density at radius 3 is 2.62 bits per heavy atom. The summed E-state index contributed by atoms with van der Waals surface area (Å²) < 4.78 is 17.5. The number of ether oxygens (including phenoxy) is 3. The number of amides is 1. The fourth-order valence-electron chi connectivity index (χ4n) is 6.26. The number of nitrogens with one attached hydrogen (secondary N) is 1. The normalized spacial score (nSPS) is 23.0. The van der Waals surface area contributed by atoms with Gasteiger partial charge in [-0.2, -0.15) is 0 Å². The summed E-state index contributed by atoms with van der Waals surface area (Å²) in [6.45, 7) is 11.3. The molecular formula is C34H41N3O5. The van der Waals surface area contributed by atoms with Crippen LogP contribution in [0.5, 0.6) is 5.75 Å². The third kappa shape index (κ3) is 6.76. The minimum absolute atomic E-state index is 0.0281. The maximum atomic E-state index is 14.1. The lowest BCUT2D eigenvalue weighted by Crippen LogP contribution is -2.56. The van der Waals surface area contributed by atoms with Crippen molar-refractivity contribution in [1.82, 2.24) is 15.2 Å². The molecule has 6 rings (SSSR count). The van der Waals surface area contributed by atoms with Gasteiger partial charge in [-0.3, -0.25) is 9.88 Å². The highest BCUT2D eigenvalue weighted by Gasteiger charge is 2.45. The number of esters is 1. The Kier molecular flexibility index (Phi) is 8.82. The van der Waals surface area contributed by atoms with Crippen LogP contribution in [0.3, 0.4) is 0 Å². The first kappa shape index (κ1) is 29.6. The quantitative estimate of drug-likeness (QED) is 0.254. The topological polar surface area (TPSA) is 90.0 Å². The summed E-state index contributed by atoms with van der Waals surface area (Å²) in [6.07, 6.45) is 4.82. The molecule has 1 amide bonds. The van der Waals surface area contributed by atoms with Crippen molar-refractivity contribution in [2.24, 2.45) is 11.8 Å². The van der Waals surface area contributed by atoms with Crippen molar-refractivity contribution < 1.29 is 23.8 Å². The summed E-state index contributed by atoms with van der Waals surface area (Å²) >= 11 is 0. The number of hydrogen-bond acceptors (Lipinski definition) is 7. The number of aromatic nitrogens is 1. The van der Waals surface area contributed by atoms with Crippen molar-refractivity contribution in [3.05, 3.63) is 84.6 Å². The van der Waals surface area contributed by atoms with Crippen molar-refractivity contribution in [3.8, 4) is 5.75 Å². The number of piperidine rings is 3. The highest BCUT2D eigenvalue weighted by atomic mass is 16.6.